The van der Waals surface area contributed by atoms with Gasteiger partial charge in [-0.25, -0.2) is 12.8 Å². The molecule has 1 atom stereocenters. The largest absolute Gasteiger partial charge is 0.349 e. The van der Waals surface area contributed by atoms with Gasteiger partial charge in [0.05, 0.1) is 26.2 Å². The van der Waals surface area contributed by atoms with E-state index < -0.39 is 15.8 Å². The molecule has 0 bridgehead atoms. The number of quaternary nitrogens is 1. The van der Waals surface area contributed by atoms with E-state index in [1.54, 1.807) is 0 Å². The van der Waals surface area contributed by atoms with Crippen LogP contribution >= 0.6 is 0 Å². The van der Waals surface area contributed by atoms with Crippen molar-refractivity contribution in [3.63, 3.8) is 0 Å². The molecular formula is C19H31FN3O3S+. The number of nitrogens with one attached hydrogen (secondary N) is 2. The molecule has 0 saturated carbocycles. The summed E-state index contributed by atoms with van der Waals surface area (Å²) in [4.78, 5) is 13.0. The average molecular weight is 401 g/mol. The summed E-state index contributed by atoms with van der Waals surface area (Å²) in [6.45, 7) is 8.28. The zero-order valence-electron chi connectivity index (χ0n) is 16.4. The summed E-state index contributed by atoms with van der Waals surface area (Å²) < 4.78 is 40.4. The number of nitrogens with zero attached hydrogens (tertiary/aromatic N) is 1. The van der Waals surface area contributed by atoms with Crippen LogP contribution in [0.15, 0.2) is 29.2 Å². The summed E-state index contributed by atoms with van der Waals surface area (Å²) in [5.41, 5.74) is 0. The quantitative estimate of drug-likeness (QED) is 0.673. The predicted octanol–water partition coefficient (Wildman–Crippen LogP) is 0.656. The number of halogens is 1. The number of benzene rings is 1. The fraction of sp³-hybridized carbons (Fsp3) is 0.632. The minimum absolute atomic E-state index is 0.00772. The summed E-state index contributed by atoms with van der Waals surface area (Å²) in [6.07, 6.45) is 2.02. The molecule has 2 rings (SSSR count). The average Bonchev–Trinajstić information content (AvgIpc) is 2.60. The Kier molecular flexibility index (Phi) is 7.76. The summed E-state index contributed by atoms with van der Waals surface area (Å²) in [5, 5.41) is 3.02. The summed E-state index contributed by atoms with van der Waals surface area (Å²) in [6, 6.07) is 5.57. The lowest BCUT2D eigenvalue weighted by atomic mass is 10.0. The molecule has 152 valence electrons. The first kappa shape index (κ1) is 21.8. The zero-order valence-corrected chi connectivity index (χ0v) is 17.2. The van der Waals surface area contributed by atoms with Gasteiger partial charge in [0, 0.05) is 6.04 Å². The highest BCUT2D eigenvalue weighted by Gasteiger charge is 2.32. The molecule has 1 aliphatic heterocycles. The van der Waals surface area contributed by atoms with Gasteiger partial charge in [0.15, 0.2) is 6.54 Å². The number of rotatable bonds is 8. The van der Waals surface area contributed by atoms with E-state index in [0.717, 1.165) is 23.8 Å². The molecule has 8 heteroatoms. The molecule has 1 aromatic carbocycles. The highest BCUT2D eigenvalue weighted by Crippen LogP contribution is 2.18. The number of piperazine rings is 1. The SMILES string of the molecule is CC(C)CC[C@H](C)NC(=O)C[NH+]1CCN(S(=O)(=O)c2ccccc2F)CC1. The van der Waals surface area contributed by atoms with Crippen LogP contribution in [0.4, 0.5) is 4.39 Å². The van der Waals surface area contributed by atoms with Crippen LogP contribution in [0.2, 0.25) is 0 Å². The van der Waals surface area contributed by atoms with Gasteiger partial charge in [-0.3, -0.25) is 4.79 Å². The van der Waals surface area contributed by atoms with Gasteiger partial charge in [-0.1, -0.05) is 26.0 Å². The van der Waals surface area contributed by atoms with Crippen LogP contribution in [0.3, 0.4) is 0 Å². The first-order chi connectivity index (χ1) is 12.7. The van der Waals surface area contributed by atoms with Crippen LogP contribution in [0, 0.1) is 11.7 Å². The van der Waals surface area contributed by atoms with Crippen LogP contribution < -0.4 is 10.2 Å². The number of carbonyl (C=O) groups excluding carboxylic acids is 1. The Bertz CT molecular complexity index is 731. The normalized spacial score (nSPS) is 17.8. The summed E-state index contributed by atoms with van der Waals surface area (Å²) in [5.74, 6) is -0.131. The van der Waals surface area contributed by atoms with Crippen LogP contribution in [0.1, 0.15) is 33.6 Å². The maximum Gasteiger partial charge on any atom is 0.275 e. The molecule has 27 heavy (non-hydrogen) atoms. The minimum Gasteiger partial charge on any atom is -0.349 e. The second-order valence-corrected chi connectivity index (χ2v) is 9.61. The highest BCUT2D eigenvalue weighted by molar-refractivity contribution is 7.89. The van der Waals surface area contributed by atoms with Gasteiger partial charge in [-0.05, 0) is 37.8 Å². The molecule has 1 saturated heterocycles. The third-order valence-corrected chi connectivity index (χ3v) is 6.81. The van der Waals surface area contributed by atoms with E-state index >= 15 is 0 Å². The Morgan fingerprint density at radius 1 is 1.19 bits per heavy atom. The van der Waals surface area contributed by atoms with E-state index in [1.807, 2.05) is 6.92 Å². The molecule has 0 aliphatic carbocycles. The summed E-state index contributed by atoms with van der Waals surface area (Å²) in [7, 11) is -3.83. The van der Waals surface area contributed by atoms with E-state index in [2.05, 4.69) is 19.2 Å². The van der Waals surface area contributed by atoms with Gasteiger partial charge in [0.25, 0.3) is 5.91 Å². The van der Waals surface area contributed by atoms with Crippen molar-refractivity contribution in [2.45, 2.75) is 44.6 Å². The molecular weight excluding hydrogens is 369 g/mol. The van der Waals surface area contributed by atoms with Crippen molar-refractivity contribution in [1.82, 2.24) is 9.62 Å². The first-order valence-electron chi connectivity index (χ1n) is 9.57. The number of carbonyl (C=O) groups is 1. The molecule has 1 heterocycles. The molecule has 1 fully saturated rings. The van der Waals surface area contributed by atoms with Crippen molar-refractivity contribution >= 4 is 15.9 Å². The van der Waals surface area contributed by atoms with Gasteiger partial charge < -0.3 is 10.2 Å². The molecule has 2 N–H and O–H groups in total. The molecule has 1 amide bonds. The van der Waals surface area contributed by atoms with E-state index in [0.29, 0.717) is 25.6 Å². The van der Waals surface area contributed by atoms with Crippen LogP contribution in [0.5, 0.6) is 0 Å². The Balaban J connectivity index is 1.83. The van der Waals surface area contributed by atoms with Crippen LogP contribution in [-0.2, 0) is 14.8 Å². The molecule has 0 spiro atoms. The lowest BCUT2D eigenvalue weighted by Crippen LogP contribution is -3.15. The van der Waals surface area contributed by atoms with E-state index in [-0.39, 0.29) is 29.9 Å². The second-order valence-electron chi connectivity index (χ2n) is 7.70. The van der Waals surface area contributed by atoms with E-state index in [9.17, 15) is 17.6 Å². The monoisotopic (exact) mass is 400 g/mol. The number of hydrogen-bond acceptors (Lipinski definition) is 3. The molecule has 6 nitrogen and oxygen atoms in total. The number of hydrogen-bond donors (Lipinski definition) is 2. The summed E-state index contributed by atoms with van der Waals surface area (Å²) >= 11 is 0. The maximum atomic E-state index is 13.9. The van der Waals surface area contributed by atoms with Crippen molar-refractivity contribution in [3.05, 3.63) is 30.1 Å². The molecule has 1 aromatic rings. The fourth-order valence-electron chi connectivity index (χ4n) is 3.22. The van der Waals surface area contributed by atoms with Crippen molar-refractivity contribution in [1.29, 1.82) is 0 Å². The molecule has 1 aliphatic rings. The van der Waals surface area contributed by atoms with Crippen molar-refractivity contribution in [2.24, 2.45) is 5.92 Å². The van der Waals surface area contributed by atoms with Gasteiger partial charge >= 0.3 is 0 Å². The van der Waals surface area contributed by atoms with Crippen molar-refractivity contribution in [3.8, 4) is 0 Å². The van der Waals surface area contributed by atoms with Crippen molar-refractivity contribution < 1.29 is 22.5 Å². The van der Waals surface area contributed by atoms with Gasteiger partial charge in [-0.15, -0.1) is 0 Å². The Morgan fingerprint density at radius 3 is 2.41 bits per heavy atom. The Hall–Kier alpha value is -1.51. The smallest absolute Gasteiger partial charge is 0.275 e. The highest BCUT2D eigenvalue weighted by atomic mass is 32.2. The topological polar surface area (TPSA) is 70.9 Å². The van der Waals surface area contributed by atoms with Gasteiger partial charge in [-0.2, -0.15) is 4.31 Å². The predicted molar refractivity (Wildman–Crippen MR) is 102 cm³/mol. The molecule has 0 radical (unpaired) electrons. The number of sulfonamides is 1. The Labute approximate surface area is 161 Å². The first-order valence-corrected chi connectivity index (χ1v) is 11.0. The van der Waals surface area contributed by atoms with Crippen molar-refractivity contribution in [2.75, 3.05) is 32.7 Å². The Morgan fingerprint density at radius 2 is 1.81 bits per heavy atom. The lowest BCUT2D eigenvalue weighted by Gasteiger charge is -2.31. The standard InChI is InChI=1S/C19H30FN3O3S/c1-15(2)8-9-16(3)21-19(24)14-22-10-12-23(13-11-22)27(25,26)18-7-5-4-6-17(18)20/h4-7,15-16H,8-14H2,1-3H3,(H,21,24)/p+1/t16-/m0/s1. The van der Waals surface area contributed by atoms with Crippen LogP contribution in [-0.4, -0.2) is 57.4 Å². The molecule has 0 unspecified atom stereocenters. The minimum atomic E-state index is -3.83. The van der Waals surface area contributed by atoms with Crippen LogP contribution in [0.25, 0.3) is 0 Å². The second kappa shape index (κ2) is 9.61. The zero-order chi connectivity index (χ0) is 20.0. The third kappa shape index (κ3) is 6.26. The molecule has 0 aromatic heterocycles. The van der Waals surface area contributed by atoms with E-state index in [1.165, 1.54) is 22.5 Å². The lowest BCUT2D eigenvalue weighted by molar-refractivity contribution is -0.895. The maximum absolute atomic E-state index is 13.9. The van der Waals surface area contributed by atoms with Gasteiger partial charge in [0.1, 0.15) is 10.7 Å². The van der Waals surface area contributed by atoms with Gasteiger partial charge in [0.2, 0.25) is 10.0 Å². The van der Waals surface area contributed by atoms with E-state index in [4.69, 9.17) is 0 Å². The number of amides is 1. The third-order valence-electron chi connectivity index (χ3n) is 4.88. The fourth-order valence-corrected chi connectivity index (χ4v) is 4.73.